The molecule has 0 radical (unpaired) electrons. The van der Waals surface area contributed by atoms with E-state index >= 15 is 0 Å². The van der Waals surface area contributed by atoms with Crippen LogP contribution in [-0.4, -0.2) is 11.9 Å². The Morgan fingerprint density at radius 2 is 0.610 bits per heavy atom. The summed E-state index contributed by atoms with van der Waals surface area (Å²) < 4.78 is 0. The topological polar surface area (TPSA) is 80.3 Å². The van der Waals surface area contributed by atoms with Crippen molar-refractivity contribution in [2.75, 3.05) is 0 Å². The molecule has 0 aliphatic carbocycles. The second-order valence-electron chi connectivity index (χ2n) is 11.4. The number of hydrogen-bond donors (Lipinski definition) is 0. The minimum atomic E-state index is -0.917. The number of carboxylic acid groups (broad SMARTS) is 2. The Kier molecular flexibility index (Phi) is 44.7. The maximum atomic E-state index is 10.2. The number of rotatable bonds is 30. The average molecular weight is 628 g/mol. The van der Waals surface area contributed by atoms with E-state index in [1.807, 2.05) is 0 Å². The van der Waals surface area contributed by atoms with Crippen LogP contribution in [0, 0.1) is 0 Å². The van der Waals surface area contributed by atoms with Gasteiger partial charge in [-0.05, 0) is 77.0 Å². The van der Waals surface area contributed by atoms with Gasteiger partial charge in [0.25, 0.3) is 0 Å². The van der Waals surface area contributed by atoms with Gasteiger partial charge in [-0.3, -0.25) is 0 Å². The Labute approximate surface area is 268 Å². The van der Waals surface area contributed by atoms with E-state index in [9.17, 15) is 19.8 Å². The Morgan fingerprint density at radius 3 is 0.854 bits per heavy atom. The van der Waals surface area contributed by atoms with Crippen molar-refractivity contribution in [1.82, 2.24) is 0 Å². The molecule has 5 heteroatoms. The maximum Gasteiger partial charge on any atom is 2.00 e. The van der Waals surface area contributed by atoms with Crippen LogP contribution < -0.4 is 10.2 Å². The molecule has 4 nitrogen and oxygen atoms in total. The van der Waals surface area contributed by atoms with Gasteiger partial charge in [0.15, 0.2) is 0 Å². The molecule has 0 saturated heterocycles. The third-order valence-corrected chi connectivity index (χ3v) is 7.29. The van der Waals surface area contributed by atoms with Gasteiger partial charge in [0.1, 0.15) is 0 Å². The van der Waals surface area contributed by atoms with Crippen LogP contribution in [0.25, 0.3) is 0 Å². The van der Waals surface area contributed by atoms with Gasteiger partial charge in [-0.25, -0.2) is 0 Å². The van der Waals surface area contributed by atoms with Crippen LogP contribution >= 0.6 is 0 Å². The van der Waals surface area contributed by atoms with E-state index in [1.165, 1.54) is 116 Å². The van der Waals surface area contributed by atoms with Crippen LogP contribution in [0.5, 0.6) is 0 Å². The quantitative estimate of drug-likeness (QED) is 0.0451. The largest absolute Gasteiger partial charge is 2.00 e. The molecule has 0 rings (SSSR count). The predicted molar refractivity (Wildman–Crippen MR) is 169 cm³/mol. The smallest absolute Gasteiger partial charge is 0.550 e. The van der Waals surface area contributed by atoms with E-state index in [0.29, 0.717) is 0 Å². The average Bonchev–Trinajstić information content (AvgIpc) is 2.93. The second-order valence-corrected chi connectivity index (χ2v) is 11.4. The van der Waals surface area contributed by atoms with Gasteiger partial charge in [0.05, 0.1) is 0 Å². The summed E-state index contributed by atoms with van der Waals surface area (Å²) in [4.78, 5) is 20.4. The van der Waals surface area contributed by atoms with E-state index in [2.05, 4.69) is 38.2 Å². The first-order chi connectivity index (χ1) is 19.5. The SMILES string of the molecule is CCCCCCCCCC=CCCCCCCC(=O)[O-].CCCCCCCCCC=CCCCCCCC(=O)[O-].[Zn+2]. The van der Waals surface area contributed by atoms with E-state index in [-0.39, 0.29) is 32.3 Å². The second kappa shape index (κ2) is 41.2. The molecular formula is C36H66O4Zn. The summed E-state index contributed by atoms with van der Waals surface area (Å²) in [5, 5.41) is 20.4. The molecule has 236 valence electrons. The van der Waals surface area contributed by atoms with Gasteiger partial charge in [-0.15, -0.1) is 0 Å². The van der Waals surface area contributed by atoms with Crippen LogP contribution in [0.3, 0.4) is 0 Å². The summed E-state index contributed by atoms with van der Waals surface area (Å²) in [7, 11) is 0. The number of unbranched alkanes of at least 4 members (excludes halogenated alkanes) is 22. The van der Waals surface area contributed by atoms with Crippen molar-refractivity contribution in [3.05, 3.63) is 24.3 Å². The number of carbonyl (C=O) groups excluding carboxylic acids is 2. The van der Waals surface area contributed by atoms with Gasteiger partial charge in [0, 0.05) is 11.9 Å². The molecule has 0 amide bonds. The van der Waals surface area contributed by atoms with E-state index in [1.54, 1.807) is 0 Å². The molecule has 0 bridgehead atoms. The third kappa shape index (κ3) is 49.1. The van der Waals surface area contributed by atoms with Crippen molar-refractivity contribution < 1.29 is 39.3 Å². The molecule has 41 heavy (non-hydrogen) atoms. The monoisotopic (exact) mass is 626 g/mol. The van der Waals surface area contributed by atoms with Gasteiger partial charge < -0.3 is 19.8 Å². The molecule has 0 unspecified atom stereocenters. The number of carboxylic acids is 2. The van der Waals surface area contributed by atoms with E-state index in [0.717, 1.165) is 51.4 Å². The third-order valence-electron chi connectivity index (χ3n) is 7.29. The van der Waals surface area contributed by atoms with Crippen molar-refractivity contribution in [2.24, 2.45) is 0 Å². The first-order valence-electron chi connectivity index (χ1n) is 17.2. The standard InChI is InChI=1S/2C18H34O2.Zn/c2*1-2-3-4-5-6-7-8-9-10-11-12-13-14-15-16-17-18(19)20;/h2*10-11H,2-9,12-17H2,1H3,(H,19,20);/q;;+2/p-2. The molecule has 0 aromatic heterocycles. The molecule has 0 aliphatic rings. The van der Waals surface area contributed by atoms with Crippen molar-refractivity contribution in [2.45, 2.75) is 194 Å². The van der Waals surface area contributed by atoms with Gasteiger partial charge in [0.2, 0.25) is 0 Å². The van der Waals surface area contributed by atoms with Gasteiger partial charge >= 0.3 is 19.5 Å². The zero-order valence-electron chi connectivity index (χ0n) is 27.4. The molecular weight excluding hydrogens is 562 g/mol. The Morgan fingerprint density at radius 1 is 0.390 bits per heavy atom. The molecule has 0 aromatic rings. The fourth-order valence-electron chi connectivity index (χ4n) is 4.68. The fourth-order valence-corrected chi connectivity index (χ4v) is 4.68. The summed E-state index contributed by atoms with van der Waals surface area (Å²) in [5.74, 6) is -1.83. The fraction of sp³-hybridized carbons (Fsp3) is 0.833. The molecule has 0 heterocycles. The van der Waals surface area contributed by atoms with Crippen molar-refractivity contribution in [3.63, 3.8) is 0 Å². The summed E-state index contributed by atoms with van der Waals surface area (Å²) in [6, 6.07) is 0. The van der Waals surface area contributed by atoms with E-state index < -0.39 is 11.9 Å². The van der Waals surface area contributed by atoms with E-state index in [4.69, 9.17) is 0 Å². The molecule has 0 aromatic carbocycles. The molecule has 0 spiro atoms. The molecule has 0 fully saturated rings. The summed E-state index contributed by atoms with van der Waals surface area (Å²) >= 11 is 0. The van der Waals surface area contributed by atoms with Crippen molar-refractivity contribution in [3.8, 4) is 0 Å². The summed E-state index contributed by atoms with van der Waals surface area (Å²) in [6.07, 6.45) is 41.8. The van der Waals surface area contributed by atoms with Crippen molar-refractivity contribution >= 4 is 11.9 Å². The van der Waals surface area contributed by atoms with Crippen LogP contribution in [-0.2, 0) is 29.1 Å². The van der Waals surface area contributed by atoms with Crippen LogP contribution in [0.4, 0.5) is 0 Å². The molecule has 0 aliphatic heterocycles. The van der Waals surface area contributed by atoms with Crippen molar-refractivity contribution in [1.29, 1.82) is 0 Å². The Hall–Kier alpha value is -0.957. The molecule has 0 N–H and O–H groups in total. The minimum absolute atomic E-state index is 0. The van der Waals surface area contributed by atoms with Crippen LogP contribution in [0.1, 0.15) is 194 Å². The number of allylic oxidation sites excluding steroid dienone is 4. The zero-order chi connectivity index (χ0) is 29.8. The number of carbonyl (C=O) groups is 2. The zero-order valence-corrected chi connectivity index (χ0v) is 30.4. The summed E-state index contributed by atoms with van der Waals surface area (Å²) in [5.41, 5.74) is 0. The number of aliphatic carboxylic acids is 2. The summed E-state index contributed by atoms with van der Waals surface area (Å²) in [6.45, 7) is 4.52. The Bertz CT molecular complexity index is 524. The molecule has 0 atom stereocenters. The first kappa shape index (κ1) is 44.5. The minimum Gasteiger partial charge on any atom is -0.550 e. The van der Waals surface area contributed by atoms with Gasteiger partial charge in [-0.2, -0.15) is 0 Å². The van der Waals surface area contributed by atoms with Gasteiger partial charge in [-0.1, -0.05) is 141 Å². The Balaban J connectivity index is -0.000000688. The van der Waals surface area contributed by atoms with Crippen LogP contribution in [0.2, 0.25) is 0 Å². The molecule has 0 saturated carbocycles. The first-order valence-corrected chi connectivity index (χ1v) is 17.2. The maximum absolute atomic E-state index is 10.2. The number of hydrogen-bond acceptors (Lipinski definition) is 4. The normalized spacial score (nSPS) is 11.0. The van der Waals surface area contributed by atoms with Crippen LogP contribution in [0.15, 0.2) is 24.3 Å². The predicted octanol–water partition coefficient (Wildman–Crippen LogP) is 9.55.